The second-order valence-electron chi connectivity index (χ2n) is 5.44. The third-order valence-electron chi connectivity index (χ3n) is 3.39. The highest BCUT2D eigenvalue weighted by atomic mass is 16.7. The molecule has 1 aliphatic rings. The Morgan fingerprint density at radius 2 is 2.05 bits per heavy atom. The Bertz CT molecular complexity index is 681. The molecule has 2 N–H and O–H groups in total. The second kappa shape index (κ2) is 6.11. The Morgan fingerprint density at radius 1 is 1.23 bits per heavy atom. The molecule has 1 atom stereocenters. The molecule has 0 spiro atoms. The summed E-state index contributed by atoms with van der Waals surface area (Å²) in [5.74, 6) is 3.07. The number of carbonyl (C=O) groups is 1. The summed E-state index contributed by atoms with van der Waals surface area (Å²) in [6, 6.07) is 9.23. The van der Waals surface area contributed by atoms with Crippen LogP contribution in [0.2, 0.25) is 0 Å². The van der Waals surface area contributed by atoms with E-state index in [1.807, 2.05) is 26.1 Å². The van der Waals surface area contributed by atoms with Gasteiger partial charge in [-0.2, -0.15) is 0 Å². The van der Waals surface area contributed by atoms with Gasteiger partial charge in [0.05, 0.1) is 7.05 Å². The Balaban J connectivity index is 1.53. The first-order valence-electron chi connectivity index (χ1n) is 7.16. The van der Waals surface area contributed by atoms with E-state index in [-0.39, 0.29) is 12.7 Å². The van der Waals surface area contributed by atoms with Crippen LogP contribution in [0.4, 0.5) is 5.69 Å². The van der Waals surface area contributed by atoms with Crippen LogP contribution in [-0.4, -0.2) is 26.3 Å². The number of aryl methyl sites for hydroxylation is 1. The smallest absolute Gasteiger partial charge is 0.279 e. The van der Waals surface area contributed by atoms with Crippen LogP contribution in [0.15, 0.2) is 34.7 Å². The van der Waals surface area contributed by atoms with E-state index in [0.717, 1.165) is 16.4 Å². The highest BCUT2D eigenvalue weighted by molar-refractivity contribution is 5.91. The Labute approximate surface area is 128 Å². The van der Waals surface area contributed by atoms with Gasteiger partial charge in [-0.25, -0.2) is 0 Å². The first-order chi connectivity index (χ1) is 10.6. The third kappa shape index (κ3) is 3.40. The minimum atomic E-state index is -0.0559. The molecule has 0 fully saturated rings. The normalized spacial score (nSPS) is 13.9. The zero-order valence-electron chi connectivity index (χ0n) is 12.6. The predicted molar refractivity (Wildman–Crippen MR) is 80.1 cm³/mol. The topological polar surface area (TPSA) is 65.1 Å². The third-order valence-corrected chi connectivity index (χ3v) is 3.39. The number of quaternary nitrogens is 1. The summed E-state index contributed by atoms with van der Waals surface area (Å²) in [6.45, 7) is 3.16. The van der Waals surface area contributed by atoms with Crippen LogP contribution in [0.5, 0.6) is 11.5 Å². The Morgan fingerprint density at radius 3 is 2.82 bits per heavy atom. The number of rotatable bonds is 5. The van der Waals surface area contributed by atoms with Crippen molar-refractivity contribution < 1.29 is 23.6 Å². The van der Waals surface area contributed by atoms with Crippen LogP contribution in [0, 0.1) is 6.92 Å². The summed E-state index contributed by atoms with van der Waals surface area (Å²) < 4.78 is 16.1. The Hall–Kier alpha value is -2.47. The molecule has 0 radical (unpaired) electrons. The van der Waals surface area contributed by atoms with Crippen molar-refractivity contribution in [1.82, 2.24) is 0 Å². The summed E-state index contributed by atoms with van der Waals surface area (Å²) in [5.41, 5.74) is 0.705. The summed E-state index contributed by atoms with van der Waals surface area (Å²) in [7, 11) is 1.96. The van der Waals surface area contributed by atoms with E-state index in [0.29, 0.717) is 30.3 Å². The standard InChI is InChI=1S/C16H18N2O4/c1-11-3-5-13(22-11)8-18(2)9-16(19)17-12-4-6-14-15(7-12)21-10-20-14/h3-7H,8-10H2,1-2H3,(H,17,19)/p+1. The predicted octanol–water partition coefficient (Wildman–Crippen LogP) is 0.970. The molecule has 2 aromatic rings. The molecule has 22 heavy (non-hydrogen) atoms. The lowest BCUT2D eigenvalue weighted by atomic mass is 10.2. The molecule has 2 heterocycles. The SMILES string of the molecule is Cc1ccc(C[NH+](C)CC(=O)Nc2ccc3c(c2)OCO3)o1. The van der Waals surface area contributed by atoms with Crippen molar-refractivity contribution in [2.45, 2.75) is 13.5 Å². The number of furan rings is 1. The van der Waals surface area contributed by atoms with Gasteiger partial charge in [-0.1, -0.05) is 0 Å². The van der Waals surface area contributed by atoms with Gasteiger partial charge in [-0.3, -0.25) is 4.79 Å². The van der Waals surface area contributed by atoms with Gasteiger partial charge in [-0.15, -0.1) is 0 Å². The number of benzene rings is 1. The van der Waals surface area contributed by atoms with Crippen molar-refractivity contribution in [2.24, 2.45) is 0 Å². The molecule has 116 valence electrons. The molecule has 1 aromatic carbocycles. The lowest BCUT2D eigenvalue weighted by molar-refractivity contribution is -0.886. The van der Waals surface area contributed by atoms with Crippen LogP contribution >= 0.6 is 0 Å². The molecule has 0 aliphatic carbocycles. The van der Waals surface area contributed by atoms with E-state index in [1.54, 1.807) is 18.2 Å². The van der Waals surface area contributed by atoms with Gasteiger partial charge >= 0.3 is 0 Å². The Kier molecular flexibility index (Phi) is 4.02. The van der Waals surface area contributed by atoms with Gasteiger partial charge in [0.1, 0.15) is 12.3 Å². The van der Waals surface area contributed by atoms with Crippen molar-refractivity contribution in [3.8, 4) is 11.5 Å². The summed E-state index contributed by atoms with van der Waals surface area (Å²) in [4.78, 5) is 13.1. The highest BCUT2D eigenvalue weighted by Gasteiger charge is 2.16. The molecule has 1 unspecified atom stereocenters. The van der Waals surface area contributed by atoms with Crippen LogP contribution < -0.4 is 19.7 Å². The van der Waals surface area contributed by atoms with E-state index >= 15 is 0 Å². The largest absolute Gasteiger partial charge is 0.460 e. The van der Waals surface area contributed by atoms with Gasteiger partial charge in [0.2, 0.25) is 6.79 Å². The summed E-state index contributed by atoms with van der Waals surface area (Å²) >= 11 is 0. The van der Waals surface area contributed by atoms with Crippen LogP contribution in [0.1, 0.15) is 11.5 Å². The van der Waals surface area contributed by atoms with Gasteiger partial charge < -0.3 is 24.1 Å². The fraction of sp³-hybridized carbons (Fsp3) is 0.312. The van der Waals surface area contributed by atoms with Crippen LogP contribution in [0.25, 0.3) is 0 Å². The maximum atomic E-state index is 12.1. The first-order valence-corrected chi connectivity index (χ1v) is 7.16. The lowest BCUT2D eigenvalue weighted by Gasteiger charge is -2.12. The van der Waals surface area contributed by atoms with Crippen molar-refractivity contribution in [2.75, 3.05) is 25.7 Å². The van der Waals surface area contributed by atoms with Crippen molar-refractivity contribution in [3.63, 3.8) is 0 Å². The van der Waals surface area contributed by atoms with Crippen molar-refractivity contribution in [3.05, 3.63) is 41.9 Å². The van der Waals surface area contributed by atoms with E-state index in [2.05, 4.69) is 5.32 Å². The van der Waals surface area contributed by atoms with E-state index in [1.165, 1.54) is 0 Å². The lowest BCUT2D eigenvalue weighted by Crippen LogP contribution is -3.08. The number of ether oxygens (including phenoxy) is 2. The molecule has 6 heteroatoms. The number of amides is 1. The molecular formula is C16H19N2O4+. The summed E-state index contributed by atoms with van der Waals surface area (Å²) in [5, 5.41) is 2.87. The molecule has 3 rings (SSSR count). The summed E-state index contributed by atoms with van der Waals surface area (Å²) in [6.07, 6.45) is 0. The number of likely N-dealkylation sites (N-methyl/N-ethyl adjacent to an activating group) is 1. The molecule has 6 nitrogen and oxygen atoms in total. The molecule has 1 amide bonds. The number of carbonyl (C=O) groups excluding carboxylic acids is 1. The van der Waals surface area contributed by atoms with Crippen LogP contribution in [-0.2, 0) is 11.3 Å². The number of hydrogen-bond acceptors (Lipinski definition) is 4. The average molecular weight is 303 g/mol. The molecule has 0 bridgehead atoms. The second-order valence-corrected chi connectivity index (χ2v) is 5.44. The van der Waals surface area contributed by atoms with E-state index in [9.17, 15) is 4.79 Å². The zero-order chi connectivity index (χ0) is 15.5. The number of fused-ring (bicyclic) bond motifs is 1. The molecule has 0 saturated carbocycles. The molecule has 0 saturated heterocycles. The quantitative estimate of drug-likeness (QED) is 0.864. The fourth-order valence-electron chi connectivity index (χ4n) is 2.39. The monoisotopic (exact) mass is 303 g/mol. The maximum Gasteiger partial charge on any atom is 0.279 e. The average Bonchev–Trinajstić information content (AvgIpc) is 3.06. The van der Waals surface area contributed by atoms with E-state index in [4.69, 9.17) is 13.9 Å². The zero-order valence-corrected chi connectivity index (χ0v) is 12.6. The number of nitrogens with one attached hydrogen (secondary N) is 2. The van der Waals surface area contributed by atoms with E-state index < -0.39 is 0 Å². The highest BCUT2D eigenvalue weighted by Crippen LogP contribution is 2.34. The fourth-order valence-corrected chi connectivity index (χ4v) is 2.39. The van der Waals surface area contributed by atoms with Gasteiger partial charge in [0.25, 0.3) is 5.91 Å². The molecule has 1 aliphatic heterocycles. The molecule has 1 aromatic heterocycles. The number of hydrogen-bond donors (Lipinski definition) is 2. The van der Waals surface area contributed by atoms with Crippen LogP contribution in [0.3, 0.4) is 0 Å². The minimum absolute atomic E-state index is 0.0559. The first kappa shape index (κ1) is 14.5. The van der Waals surface area contributed by atoms with Crippen molar-refractivity contribution >= 4 is 11.6 Å². The van der Waals surface area contributed by atoms with Gasteiger partial charge in [0, 0.05) is 11.8 Å². The van der Waals surface area contributed by atoms with Crippen molar-refractivity contribution in [1.29, 1.82) is 0 Å². The molecular weight excluding hydrogens is 284 g/mol. The van der Waals surface area contributed by atoms with Gasteiger partial charge in [-0.05, 0) is 31.2 Å². The van der Waals surface area contributed by atoms with Gasteiger partial charge in [0.15, 0.2) is 23.8 Å². The minimum Gasteiger partial charge on any atom is -0.460 e. The number of anilines is 1. The maximum absolute atomic E-state index is 12.1.